The summed E-state index contributed by atoms with van der Waals surface area (Å²) < 4.78 is 41.2. The largest absolute Gasteiger partial charge is 0.350 e. The molecule has 1 aromatic heterocycles. The fourth-order valence-corrected chi connectivity index (χ4v) is 2.97. The third-order valence-corrected chi connectivity index (χ3v) is 3.87. The van der Waals surface area contributed by atoms with Gasteiger partial charge in [-0.1, -0.05) is 6.92 Å². The number of hydrogen-bond donors (Lipinski definition) is 1. The van der Waals surface area contributed by atoms with Crippen LogP contribution in [0.2, 0.25) is 0 Å². The molecule has 0 atom stereocenters. The van der Waals surface area contributed by atoms with Crippen LogP contribution in [0.25, 0.3) is 0 Å². The van der Waals surface area contributed by atoms with Crippen molar-refractivity contribution in [3.8, 4) is 0 Å². The molecule has 1 N–H and O–H groups in total. The maximum atomic E-state index is 13.8. The van der Waals surface area contributed by atoms with Gasteiger partial charge in [0.2, 0.25) is 10.0 Å². The number of hydrogen-bond acceptors (Lipinski definition) is 2. The summed E-state index contributed by atoms with van der Waals surface area (Å²) in [6.45, 7) is 5.17. The van der Waals surface area contributed by atoms with Crippen molar-refractivity contribution in [2.24, 2.45) is 7.05 Å². The van der Waals surface area contributed by atoms with Crippen LogP contribution in [0.15, 0.2) is 11.1 Å². The summed E-state index contributed by atoms with van der Waals surface area (Å²) in [5, 5.41) is 0. The third-order valence-electron chi connectivity index (χ3n) is 2.22. The Labute approximate surface area is 95.5 Å². The molecule has 0 unspecified atom stereocenters. The van der Waals surface area contributed by atoms with Crippen LogP contribution in [0.1, 0.15) is 26.5 Å². The molecule has 4 nitrogen and oxygen atoms in total. The van der Waals surface area contributed by atoms with E-state index in [1.165, 1.54) is 10.8 Å². The second-order valence-electron chi connectivity index (χ2n) is 3.99. The fraction of sp³-hybridized carbons (Fsp3) is 0.600. The van der Waals surface area contributed by atoms with Crippen LogP contribution in [-0.2, 0) is 23.5 Å². The van der Waals surface area contributed by atoms with Crippen molar-refractivity contribution in [1.29, 1.82) is 0 Å². The zero-order chi connectivity index (χ0) is 12.5. The van der Waals surface area contributed by atoms with Gasteiger partial charge in [-0.2, -0.15) is 0 Å². The summed E-state index contributed by atoms with van der Waals surface area (Å²) in [6, 6.07) is -0.255. The predicted molar refractivity (Wildman–Crippen MR) is 60.2 cm³/mol. The van der Waals surface area contributed by atoms with Crippen LogP contribution < -0.4 is 4.72 Å². The first-order valence-electron chi connectivity index (χ1n) is 5.15. The highest BCUT2D eigenvalue weighted by molar-refractivity contribution is 7.89. The van der Waals surface area contributed by atoms with E-state index in [2.05, 4.69) is 4.72 Å². The minimum absolute atomic E-state index is 0.255. The first kappa shape index (κ1) is 13.2. The Hall–Kier alpha value is -0.880. The minimum Gasteiger partial charge on any atom is -0.350 e. The quantitative estimate of drug-likeness (QED) is 0.876. The summed E-state index contributed by atoms with van der Waals surface area (Å²) in [4.78, 5) is -0.277. The van der Waals surface area contributed by atoms with Crippen LogP contribution in [0, 0.1) is 5.82 Å². The molecule has 0 radical (unpaired) electrons. The van der Waals surface area contributed by atoms with E-state index in [0.29, 0.717) is 12.1 Å². The summed E-state index contributed by atoms with van der Waals surface area (Å²) in [7, 11) is -2.11. The lowest BCUT2D eigenvalue weighted by Crippen LogP contribution is -2.30. The molecule has 0 fully saturated rings. The van der Waals surface area contributed by atoms with Crippen LogP contribution in [0.3, 0.4) is 0 Å². The Balaban J connectivity index is 3.24. The maximum Gasteiger partial charge on any atom is 0.245 e. The number of sulfonamides is 1. The van der Waals surface area contributed by atoms with Gasteiger partial charge in [-0.05, 0) is 20.3 Å². The zero-order valence-corrected chi connectivity index (χ0v) is 10.7. The number of halogens is 1. The summed E-state index contributed by atoms with van der Waals surface area (Å²) in [5.74, 6) is -0.654. The van der Waals surface area contributed by atoms with Crippen molar-refractivity contribution in [3.63, 3.8) is 0 Å². The van der Waals surface area contributed by atoms with E-state index in [1.807, 2.05) is 0 Å². The van der Waals surface area contributed by atoms with E-state index in [9.17, 15) is 12.8 Å². The van der Waals surface area contributed by atoms with Gasteiger partial charge in [-0.3, -0.25) is 0 Å². The molecule has 0 aliphatic rings. The van der Waals surface area contributed by atoms with Gasteiger partial charge < -0.3 is 4.57 Å². The molecule has 6 heteroatoms. The van der Waals surface area contributed by atoms with E-state index < -0.39 is 15.8 Å². The molecule has 0 aliphatic carbocycles. The average molecular weight is 248 g/mol. The van der Waals surface area contributed by atoms with Gasteiger partial charge in [0.1, 0.15) is 4.90 Å². The molecule has 0 spiro atoms. The number of nitrogens with one attached hydrogen (secondary N) is 1. The summed E-state index contributed by atoms with van der Waals surface area (Å²) in [5.41, 5.74) is 0.393. The van der Waals surface area contributed by atoms with Crippen molar-refractivity contribution in [1.82, 2.24) is 9.29 Å². The smallest absolute Gasteiger partial charge is 0.245 e. The fourth-order valence-electron chi connectivity index (χ4n) is 1.57. The highest BCUT2D eigenvalue weighted by Gasteiger charge is 2.24. The molecule has 0 saturated heterocycles. The Bertz CT molecular complexity index is 477. The van der Waals surface area contributed by atoms with Gasteiger partial charge in [0, 0.05) is 19.3 Å². The first-order chi connectivity index (χ1) is 7.29. The highest BCUT2D eigenvalue weighted by atomic mass is 32.2. The van der Waals surface area contributed by atoms with Crippen molar-refractivity contribution in [3.05, 3.63) is 17.7 Å². The molecular weight excluding hydrogens is 231 g/mol. The molecule has 1 aromatic rings. The molecular formula is C10H17FN2O2S. The minimum atomic E-state index is -3.75. The topological polar surface area (TPSA) is 51.1 Å². The van der Waals surface area contributed by atoms with Crippen LogP contribution >= 0.6 is 0 Å². The Kier molecular flexibility index (Phi) is 3.75. The van der Waals surface area contributed by atoms with Gasteiger partial charge >= 0.3 is 0 Å². The van der Waals surface area contributed by atoms with Gasteiger partial charge in [-0.25, -0.2) is 17.5 Å². The SMILES string of the molecule is CCc1c(F)c(S(=O)(=O)NC(C)C)cn1C. The van der Waals surface area contributed by atoms with E-state index in [0.717, 1.165) is 0 Å². The standard InChI is InChI=1S/C10H17FN2O2S/c1-5-8-10(11)9(6-13(8)4)16(14,15)12-7(2)3/h6-7,12H,5H2,1-4H3. The molecule has 0 aliphatic heterocycles. The Morgan fingerprint density at radius 2 is 2.06 bits per heavy atom. The molecule has 92 valence electrons. The number of aromatic nitrogens is 1. The van der Waals surface area contributed by atoms with Crippen LogP contribution in [0.5, 0.6) is 0 Å². The van der Waals surface area contributed by atoms with Gasteiger partial charge in [-0.15, -0.1) is 0 Å². The molecule has 1 rings (SSSR count). The molecule has 0 aromatic carbocycles. The van der Waals surface area contributed by atoms with Crippen molar-refractivity contribution in [2.75, 3.05) is 0 Å². The second-order valence-corrected chi connectivity index (χ2v) is 5.68. The maximum absolute atomic E-state index is 13.8. The lowest BCUT2D eigenvalue weighted by Gasteiger charge is -2.07. The Morgan fingerprint density at radius 1 is 1.50 bits per heavy atom. The zero-order valence-electron chi connectivity index (χ0n) is 9.91. The summed E-state index contributed by atoms with van der Waals surface area (Å²) in [6.07, 6.45) is 1.76. The molecule has 0 bridgehead atoms. The number of nitrogens with zero attached hydrogens (tertiary/aromatic N) is 1. The molecule has 1 heterocycles. The normalized spacial score (nSPS) is 12.4. The van der Waals surface area contributed by atoms with Crippen LogP contribution in [0.4, 0.5) is 4.39 Å². The predicted octanol–water partition coefficient (Wildman–Crippen LogP) is 1.41. The molecule has 0 saturated carbocycles. The van der Waals surface area contributed by atoms with E-state index in [-0.39, 0.29) is 10.9 Å². The monoisotopic (exact) mass is 248 g/mol. The lowest BCUT2D eigenvalue weighted by atomic mass is 10.3. The van der Waals surface area contributed by atoms with Gasteiger partial charge in [0.15, 0.2) is 5.82 Å². The molecule has 0 amide bonds. The number of aryl methyl sites for hydroxylation is 1. The van der Waals surface area contributed by atoms with Gasteiger partial charge in [0.25, 0.3) is 0 Å². The average Bonchev–Trinajstić information content (AvgIpc) is 2.40. The van der Waals surface area contributed by atoms with Crippen molar-refractivity contribution in [2.45, 2.75) is 38.1 Å². The van der Waals surface area contributed by atoms with E-state index in [1.54, 1.807) is 27.8 Å². The number of rotatable bonds is 4. The van der Waals surface area contributed by atoms with Crippen molar-refractivity contribution >= 4 is 10.0 Å². The van der Waals surface area contributed by atoms with Gasteiger partial charge in [0.05, 0.1) is 5.69 Å². The third kappa shape index (κ3) is 2.44. The van der Waals surface area contributed by atoms with E-state index >= 15 is 0 Å². The van der Waals surface area contributed by atoms with E-state index in [4.69, 9.17) is 0 Å². The summed E-state index contributed by atoms with van der Waals surface area (Å²) >= 11 is 0. The van der Waals surface area contributed by atoms with Crippen molar-refractivity contribution < 1.29 is 12.8 Å². The highest BCUT2D eigenvalue weighted by Crippen LogP contribution is 2.20. The first-order valence-corrected chi connectivity index (χ1v) is 6.64. The van der Waals surface area contributed by atoms with Crippen LogP contribution in [-0.4, -0.2) is 19.0 Å². The Morgan fingerprint density at radius 3 is 2.44 bits per heavy atom. The second kappa shape index (κ2) is 4.55. The molecule has 16 heavy (non-hydrogen) atoms. The lowest BCUT2D eigenvalue weighted by molar-refractivity contribution is 0.547.